The number of hydrogen-bond acceptors (Lipinski definition) is 8. The van der Waals surface area contributed by atoms with Gasteiger partial charge < -0.3 is 10.1 Å². The van der Waals surface area contributed by atoms with Gasteiger partial charge in [-0.2, -0.15) is 9.47 Å². The lowest BCUT2D eigenvalue weighted by Crippen LogP contribution is -2.44. The van der Waals surface area contributed by atoms with E-state index in [4.69, 9.17) is 21.5 Å². The van der Waals surface area contributed by atoms with Gasteiger partial charge in [0.15, 0.2) is 16.5 Å². The molecule has 0 spiro atoms. The highest BCUT2D eigenvalue weighted by molar-refractivity contribution is 7.89. The smallest absolute Gasteiger partial charge is 0.244 e. The second kappa shape index (κ2) is 8.67. The second-order valence-corrected chi connectivity index (χ2v) is 10.1. The molecule has 1 saturated heterocycles. The van der Waals surface area contributed by atoms with Gasteiger partial charge in [0.25, 0.3) is 0 Å². The summed E-state index contributed by atoms with van der Waals surface area (Å²) in [5.41, 5.74) is 0.605. The zero-order valence-corrected chi connectivity index (χ0v) is 19.5. The number of primary sulfonamides is 1. The van der Waals surface area contributed by atoms with Gasteiger partial charge in [-0.1, -0.05) is 11.6 Å². The third-order valence-corrected chi connectivity index (χ3v) is 7.12. The van der Waals surface area contributed by atoms with Crippen LogP contribution in [0.1, 0.15) is 6.04 Å². The van der Waals surface area contributed by atoms with Gasteiger partial charge in [-0.05, 0) is 41.9 Å². The normalized spacial score (nSPS) is 14.2. The lowest BCUT2D eigenvalue weighted by Gasteiger charge is -2.29. The van der Waals surface area contributed by atoms with E-state index in [9.17, 15) is 12.8 Å². The number of sulfonamides is 1. The standard InChI is InChI=1S/C20H15ClF2N6O3S2/c21-14-6-13(20-26-9-28-33-20)17(23)19(34(24,30)31)18(14)32-16-2-1-10(22)5-12(16)15-3-4-27-29(15)11-7-25-8-11/h1-6,9,11,25H,7-8H2,(H2,24,30,31). The van der Waals surface area contributed by atoms with Gasteiger partial charge in [0.05, 0.1) is 22.3 Å². The average Bonchev–Trinajstić information content (AvgIpc) is 3.42. The van der Waals surface area contributed by atoms with Gasteiger partial charge in [-0.25, -0.2) is 27.3 Å². The fraction of sp³-hybridized carbons (Fsp3) is 0.150. The number of nitrogens with two attached hydrogens (primary N) is 1. The highest BCUT2D eigenvalue weighted by Crippen LogP contribution is 2.44. The Morgan fingerprint density at radius 1 is 1.21 bits per heavy atom. The van der Waals surface area contributed by atoms with Crippen molar-refractivity contribution in [1.82, 2.24) is 24.5 Å². The van der Waals surface area contributed by atoms with E-state index in [0.29, 0.717) is 18.8 Å². The van der Waals surface area contributed by atoms with Crippen LogP contribution >= 0.6 is 23.1 Å². The average molecular weight is 525 g/mol. The summed E-state index contributed by atoms with van der Waals surface area (Å²) in [7, 11) is -4.64. The molecule has 3 N–H and O–H groups in total. The highest BCUT2D eigenvalue weighted by Gasteiger charge is 2.30. The third-order valence-electron chi connectivity index (χ3n) is 5.21. The predicted octanol–water partition coefficient (Wildman–Crippen LogP) is 3.58. The molecule has 34 heavy (non-hydrogen) atoms. The maximum atomic E-state index is 15.4. The SMILES string of the molecule is NS(=O)(=O)c1c(F)c(-c2ncns2)cc(Cl)c1Oc1ccc(F)cc1-c1ccnn1C1CNC1. The monoisotopic (exact) mass is 524 g/mol. The number of aromatic nitrogens is 4. The van der Waals surface area contributed by atoms with E-state index < -0.39 is 32.3 Å². The molecule has 176 valence electrons. The molecule has 9 nitrogen and oxygen atoms in total. The Kier molecular flexibility index (Phi) is 5.81. The number of halogens is 3. The van der Waals surface area contributed by atoms with E-state index >= 15 is 4.39 Å². The summed E-state index contributed by atoms with van der Waals surface area (Å²) in [6.07, 6.45) is 2.75. The molecule has 1 aliphatic rings. The van der Waals surface area contributed by atoms with Crippen LogP contribution in [0.25, 0.3) is 21.8 Å². The van der Waals surface area contributed by atoms with E-state index in [2.05, 4.69) is 19.8 Å². The molecular weight excluding hydrogens is 510 g/mol. The number of rotatable bonds is 6. The van der Waals surface area contributed by atoms with Gasteiger partial charge in [-0.15, -0.1) is 0 Å². The summed E-state index contributed by atoms with van der Waals surface area (Å²) < 4.78 is 65.7. The highest BCUT2D eigenvalue weighted by atomic mass is 35.5. The lowest BCUT2D eigenvalue weighted by atomic mass is 10.1. The van der Waals surface area contributed by atoms with Crippen LogP contribution in [-0.2, 0) is 10.0 Å². The van der Waals surface area contributed by atoms with Crippen LogP contribution in [0.5, 0.6) is 11.5 Å². The molecule has 14 heteroatoms. The molecule has 4 aromatic rings. The number of ether oxygens (including phenoxy) is 1. The van der Waals surface area contributed by atoms with E-state index in [0.717, 1.165) is 17.6 Å². The first kappa shape index (κ1) is 22.8. The Hall–Kier alpha value is -2.97. The number of nitrogens with zero attached hydrogens (tertiary/aromatic N) is 4. The van der Waals surface area contributed by atoms with Crippen molar-refractivity contribution in [2.24, 2.45) is 5.14 Å². The largest absolute Gasteiger partial charge is 0.454 e. The first-order valence-electron chi connectivity index (χ1n) is 9.78. The van der Waals surface area contributed by atoms with Crippen LogP contribution in [0.4, 0.5) is 8.78 Å². The quantitative estimate of drug-likeness (QED) is 0.395. The lowest BCUT2D eigenvalue weighted by molar-refractivity contribution is 0.321. The van der Waals surface area contributed by atoms with Crippen LogP contribution in [-0.4, -0.2) is 40.6 Å². The van der Waals surface area contributed by atoms with Crippen molar-refractivity contribution in [3.8, 4) is 33.3 Å². The van der Waals surface area contributed by atoms with Gasteiger partial charge in [-0.3, -0.25) is 4.68 Å². The van der Waals surface area contributed by atoms with Crippen molar-refractivity contribution in [3.63, 3.8) is 0 Å². The van der Waals surface area contributed by atoms with Crippen molar-refractivity contribution < 1.29 is 21.9 Å². The van der Waals surface area contributed by atoms with Crippen molar-refractivity contribution in [2.45, 2.75) is 10.9 Å². The van der Waals surface area contributed by atoms with Crippen molar-refractivity contribution in [1.29, 1.82) is 0 Å². The molecule has 0 amide bonds. The first-order valence-corrected chi connectivity index (χ1v) is 12.5. The topological polar surface area (TPSA) is 125 Å². The molecule has 2 aromatic heterocycles. The van der Waals surface area contributed by atoms with Crippen LogP contribution in [0.15, 0.2) is 47.8 Å². The summed E-state index contributed by atoms with van der Waals surface area (Å²) in [5, 5.41) is 12.6. The Morgan fingerprint density at radius 3 is 2.65 bits per heavy atom. The zero-order chi connectivity index (χ0) is 24.0. The van der Waals surface area contributed by atoms with Crippen molar-refractivity contribution in [3.05, 3.63) is 59.5 Å². The van der Waals surface area contributed by atoms with E-state index in [1.54, 1.807) is 16.9 Å². The maximum Gasteiger partial charge on any atom is 0.244 e. The molecule has 0 bridgehead atoms. The fourth-order valence-electron chi connectivity index (χ4n) is 3.55. The van der Waals surface area contributed by atoms with Gasteiger partial charge in [0, 0.05) is 24.8 Å². The summed E-state index contributed by atoms with van der Waals surface area (Å²) in [5.74, 6) is -2.24. The van der Waals surface area contributed by atoms with Crippen LogP contribution in [0.2, 0.25) is 5.02 Å². The Morgan fingerprint density at radius 2 is 2.00 bits per heavy atom. The molecule has 5 rings (SSSR count). The summed E-state index contributed by atoms with van der Waals surface area (Å²) >= 11 is 7.20. The molecule has 0 saturated carbocycles. The molecule has 0 radical (unpaired) electrons. The summed E-state index contributed by atoms with van der Waals surface area (Å²) in [6, 6.07) is 6.52. The summed E-state index contributed by atoms with van der Waals surface area (Å²) in [4.78, 5) is 2.95. The number of nitrogens with one attached hydrogen (secondary N) is 1. The van der Waals surface area contributed by atoms with Crippen LogP contribution in [0.3, 0.4) is 0 Å². The minimum absolute atomic E-state index is 0.0327. The van der Waals surface area contributed by atoms with E-state index in [1.165, 1.54) is 24.5 Å². The molecule has 0 unspecified atom stereocenters. The third kappa shape index (κ3) is 4.05. The van der Waals surface area contributed by atoms with E-state index in [-0.39, 0.29) is 32.9 Å². The molecule has 0 atom stereocenters. The fourth-order valence-corrected chi connectivity index (χ4v) is 5.15. The molecule has 1 aliphatic heterocycles. The predicted molar refractivity (Wildman–Crippen MR) is 121 cm³/mol. The summed E-state index contributed by atoms with van der Waals surface area (Å²) in [6.45, 7) is 1.36. The zero-order valence-electron chi connectivity index (χ0n) is 17.1. The Bertz CT molecular complexity index is 1490. The van der Waals surface area contributed by atoms with Crippen LogP contribution in [0, 0.1) is 11.6 Å². The molecule has 0 aliphatic carbocycles. The van der Waals surface area contributed by atoms with Gasteiger partial charge >= 0.3 is 0 Å². The molecular formula is C20H15ClF2N6O3S2. The van der Waals surface area contributed by atoms with Gasteiger partial charge in [0.1, 0.15) is 22.9 Å². The molecule has 1 fully saturated rings. The van der Waals surface area contributed by atoms with E-state index in [1.807, 2.05) is 0 Å². The Labute approximate surface area is 201 Å². The number of hydrogen-bond donors (Lipinski definition) is 2. The second-order valence-electron chi connectivity index (χ2n) is 7.39. The maximum absolute atomic E-state index is 15.4. The Balaban J connectivity index is 1.67. The minimum atomic E-state index is -4.64. The van der Waals surface area contributed by atoms with Crippen LogP contribution < -0.4 is 15.2 Å². The number of benzene rings is 2. The van der Waals surface area contributed by atoms with Gasteiger partial charge in [0.2, 0.25) is 10.0 Å². The molecule has 2 aromatic carbocycles. The molecule has 3 heterocycles. The van der Waals surface area contributed by atoms with Crippen molar-refractivity contribution >= 4 is 33.2 Å². The first-order chi connectivity index (χ1) is 16.2. The minimum Gasteiger partial charge on any atom is -0.454 e. The van der Waals surface area contributed by atoms with Crippen molar-refractivity contribution in [2.75, 3.05) is 13.1 Å².